The van der Waals surface area contributed by atoms with Crippen molar-refractivity contribution in [3.8, 4) is 0 Å². The first kappa shape index (κ1) is 17.7. The first-order valence-electron chi connectivity index (χ1n) is 9.61. The minimum atomic E-state index is 0.392. The van der Waals surface area contributed by atoms with Crippen molar-refractivity contribution in [1.82, 2.24) is 0 Å². The number of fused-ring (bicyclic) bond motifs is 1. The summed E-state index contributed by atoms with van der Waals surface area (Å²) in [6, 6.07) is 15.9. The van der Waals surface area contributed by atoms with Crippen molar-refractivity contribution >= 4 is 23.7 Å². The Labute approximate surface area is 153 Å². The van der Waals surface area contributed by atoms with Crippen molar-refractivity contribution in [2.24, 2.45) is 5.92 Å². The molecule has 2 unspecified atom stereocenters. The Kier molecular flexibility index (Phi) is 5.58. The Morgan fingerprint density at radius 3 is 2.44 bits per heavy atom. The van der Waals surface area contributed by atoms with Gasteiger partial charge in [0.15, 0.2) is 17.9 Å². The molecule has 2 atom stereocenters. The Morgan fingerprint density at radius 1 is 1.04 bits per heavy atom. The maximum Gasteiger partial charge on any atom is 0.245 e. The Morgan fingerprint density at radius 2 is 1.80 bits per heavy atom. The summed E-state index contributed by atoms with van der Waals surface area (Å²) in [6.45, 7) is 9.40. The maximum absolute atomic E-state index is 2.52. The van der Waals surface area contributed by atoms with Gasteiger partial charge in [-0.05, 0) is 13.3 Å². The van der Waals surface area contributed by atoms with Crippen LogP contribution in [0.2, 0.25) is 0 Å². The molecule has 0 fully saturated rings. The maximum atomic E-state index is 2.52. The molecular weight excluding hydrogens is 301 g/mol. The molecule has 0 saturated carbocycles. The van der Waals surface area contributed by atoms with Gasteiger partial charge in [-0.25, -0.2) is 0 Å². The van der Waals surface area contributed by atoms with E-state index < -0.39 is 0 Å². The highest BCUT2D eigenvalue weighted by Gasteiger charge is 2.36. The highest BCUT2D eigenvalue weighted by molar-refractivity contribution is 6.93. The van der Waals surface area contributed by atoms with E-state index >= 15 is 0 Å². The van der Waals surface area contributed by atoms with E-state index in [1.165, 1.54) is 28.5 Å². The van der Waals surface area contributed by atoms with Crippen LogP contribution in [-0.4, -0.2) is 6.71 Å². The zero-order valence-corrected chi connectivity index (χ0v) is 15.9. The van der Waals surface area contributed by atoms with E-state index in [0.717, 1.165) is 6.42 Å². The fourth-order valence-electron chi connectivity index (χ4n) is 4.37. The summed E-state index contributed by atoms with van der Waals surface area (Å²) >= 11 is 0. The summed E-state index contributed by atoms with van der Waals surface area (Å²) in [5, 5.41) is 0. The fraction of sp³-hybridized carbons (Fsp3) is 0.348. The molecule has 0 amide bonds. The Balaban J connectivity index is 2.07. The fourth-order valence-corrected chi connectivity index (χ4v) is 4.37. The Bertz CT molecular complexity index is 776. The van der Waals surface area contributed by atoms with Crippen molar-refractivity contribution in [2.45, 2.75) is 46.6 Å². The summed E-state index contributed by atoms with van der Waals surface area (Å²) in [5.74, 6) is 0.580. The topological polar surface area (TPSA) is 3.88 Å². The molecule has 1 nitrogen and oxygen atoms in total. The number of hydrogen-bond donors (Lipinski definition) is 0. The van der Waals surface area contributed by atoms with Crippen molar-refractivity contribution in [2.75, 3.05) is 0 Å². The van der Waals surface area contributed by atoms with Gasteiger partial charge in [0, 0.05) is 29.9 Å². The molecule has 0 bridgehead atoms. The second-order valence-corrected chi connectivity index (χ2v) is 7.06. The lowest BCUT2D eigenvalue weighted by Crippen LogP contribution is -2.51. The van der Waals surface area contributed by atoms with Gasteiger partial charge in [0.1, 0.15) is 0 Å². The molecule has 1 aromatic heterocycles. The van der Waals surface area contributed by atoms with Gasteiger partial charge in [0.05, 0.1) is 0 Å². The van der Waals surface area contributed by atoms with Crippen LogP contribution in [0.4, 0.5) is 0 Å². The summed E-state index contributed by atoms with van der Waals surface area (Å²) in [6.07, 6.45) is 11.6. The van der Waals surface area contributed by atoms with Gasteiger partial charge in [0.2, 0.25) is 6.71 Å². The summed E-state index contributed by atoms with van der Waals surface area (Å²) in [7, 11) is 0. The van der Waals surface area contributed by atoms with Crippen LogP contribution in [-0.2, 0) is 0 Å². The van der Waals surface area contributed by atoms with E-state index in [2.05, 4.69) is 99.2 Å². The zero-order valence-electron chi connectivity index (χ0n) is 15.9. The molecule has 2 aromatic rings. The number of benzene rings is 1. The largest absolute Gasteiger partial charge is 0.245 e. The standard InChI is InChI=1S/C23H29BN/c1-5-12-19(6-2)22(7-3)25-16-11-15-21-23(25)17-18(4)24(21)20-13-9-8-10-14-20/h5,8-17,19,22H,6-7H2,1-4H3/q+1/b12-5+. The van der Waals surface area contributed by atoms with Crippen molar-refractivity contribution in [1.29, 1.82) is 0 Å². The van der Waals surface area contributed by atoms with E-state index in [1.807, 2.05) is 0 Å². The Hall–Kier alpha value is -2.09. The van der Waals surface area contributed by atoms with Crippen LogP contribution in [0, 0.1) is 5.92 Å². The highest BCUT2D eigenvalue weighted by atomic mass is 15.0. The molecule has 0 N–H and O–H groups in total. The summed E-state index contributed by atoms with van der Waals surface area (Å²) in [5.41, 5.74) is 5.67. The molecule has 1 aromatic carbocycles. The van der Waals surface area contributed by atoms with E-state index in [1.54, 1.807) is 0 Å². The molecule has 25 heavy (non-hydrogen) atoms. The lowest BCUT2D eigenvalue weighted by molar-refractivity contribution is -0.729. The smallest absolute Gasteiger partial charge is 0.196 e. The van der Waals surface area contributed by atoms with Crippen LogP contribution in [0.5, 0.6) is 0 Å². The normalized spacial score (nSPS) is 16.0. The highest BCUT2D eigenvalue weighted by Crippen LogP contribution is 2.24. The molecule has 0 spiro atoms. The molecule has 0 radical (unpaired) electrons. The molecular formula is C23H29BN+. The van der Waals surface area contributed by atoms with Gasteiger partial charge in [-0.3, -0.25) is 0 Å². The third-order valence-electron chi connectivity index (χ3n) is 5.54. The van der Waals surface area contributed by atoms with Gasteiger partial charge in [-0.2, -0.15) is 4.57 Å². The molecule has 2 heteroatoms. The zero-order chi connectivity index (χ0) is 17.8. The van der Waals surface area contributed by atoms with Crippen LogP contribution >= 0.6 is 0 Å². The molecule has 0 saturated heterocycles. The molecule has 128 valence electrons. The number of hydrogen-bond acceptors (Lipinski definition) is 0. The van der Waals surface area contributed by atoms with Gasteiger partial charge in [-0.15, -0.1) is 0 Å². The van der Waals surface area contributed by atoms with Crippen LogP contribution < -0.4 is 15.5 Å². The number of allylic oxidation sites excluding steroid dienone is 3. The van der Waals surface area contributed by atoms with Crippen LogP contribution in [0.25, 0.3) is 6.08 Å². The summed E-state index contributed by atoms with van der Waals surface area (Å²) < 4.78 is 2.52. The second kappa shape index (κ2) is 7.86. The molecule has 2 heterocycles. The number of aromatic nitrogens is 1. The van der Waals surface area contributed by atoms with E-state index in [4.69, 9.17) is 0 Å². The van der Waals surface area contributed by atoms with E-state index in [-0.39, 0.29) is 0 Å². The average Bonchev–Trinajstić information content (AvgIpc) is 2.98. The lowest BCUT2D eigenvalue weighted by Gasteiger charge is -2.20. The van der Waals surface area contributed by atoms with Crippen LogP contribution in [0.3, 0.4) is 0 Å². The third-order valence-corrected chi connectivity index (χ3v) is 5.54. The van der Waals surface area contributed by atoms with Gasteiger partial charge in [-0.1, -0.05) is 80.3 Å². The van der Waals surface area contributed by atoms with Gasteiger partial charge < -0.3 is 0 Å². The first-order valence-corrected chi connectivity index (χ1v) is 9.61. The SMILES string of the molecule is C/C=C/C(CC)C(CC)[n+]1cccc2c1C=C(C)B2c1ccccc1. The number of nitrogens with zero attached hydrogens (tertiary/aromatic N) is 1. The second-order valence-electron chi connectivity index (χ2n) is 7.06. The molecule has 0 aliphatic carbocycles. The lowest BCUT2D eigenvalue weighted by atomic mass is 9.38. The molecule has 1 aliphatic heterocycles. The van der Waals surface area contributed by atoms with Crippen LogP contribution in [0.1, 0.15) is 52.3 Å². The van der Waals surface area contributed by atoms with Crippen molar-refractivity contribution in [3.63, 3.8) is 0 Å². The first-order chi connectivity index (χ1) is 12.2. The molecule has 3 rings (SSSR count). The number of pyridine rings is 1. The average molecular weight is 330 g/mol. The van der Waals surface area contributed by atoms with Crippen LogP contribution in [0.15, 0.2) is 66.3 Å². The number of rotatable bonds is 6. The summed E-state index contributed by atoms with van der Waals surface area (Å²) in [4.78, 5) is 0. The molecule has 1 aliphatic rings. The minimum Gasteiger partial charge on any atom is -0.196 e. The van der Waals surface area contributed by atoms with Crippen molar-refractivity contribution in [3.05, 3.63) is 72.0 Å². The monoisotopic (exact) mass is 330 g/mol. The quantitative estimate of drug-likeness (QED) is 0.427. The van der Waals surface area contributed by atoms with Gasteiger partial charge in [0.25, 0.3) is 0 Å². The van der Waals surface area contributed by atoms with Gasteiger partial charge >= 0.3 is 0 Å². The van der Waals surface area contributed by atoms with Crippen molar-refractivity contribution < 1.29 is 4.57 Å². The third kappa shape index (κ3) is 3.35. The predicted molar refractivity (Wildman–Crippen MR) is 110 cm³/mol. The predicted octanol–water partition coefficient (Wildman–Crippen LogP) is 4.09. The van der Waals surface area contributed by atoms with E-state index in [0.29, 0.717) is 18.7 Å². The minimum absolute atomic E-state index is 0.392. The van der Waals surface area contributed by atoms with E-state index in [9.17, 15) is 0 Å².